The van der Waals surface area contributed by atoms with Gasteiger partial charge in [-0.25, -0.2) is 4.98 Å². The molecule has 0 spiro atoms. The minimum Gasteiger partial charge on any atom is -0.372 e. The maximum atomic E-state index is 5.75. The lowest BCUT2D eigenvalue weighted by atomic mass is 10.2. The SMILES string of the molecule is CNCc1sc(N2CC(C)OC(C)C2)nc1C. The molecule has 0 saturated carbocycles. The summed E-state index contributed by atoms with van der Waals surface area (Å²) >= 11 is 1.79. The second-order valence-corrected chi connectivity index (χ2v) is 5.76. The summed E-state index contributed by atoms with van der Waals surface area (Å²) < 4.78 is 5.75. The van der Waals surface area contributed by atoms with Gasteiger partial charge < -0.3 is 15.0 Å². The molecule has 1 aromatic rings. The zero-order valence-electron chi connectivity index (χ0n) is 11.0. The molecule has 0 aromatic carbocycles. The summed E-state index contributed by atoms with van der Waals surface area (Å²) in [6, 6.07) is 0. The van der Waals surface area contributed by atoms with Gasteiger partial charge in [0, 0.05) is 24.5 Å². The van der Waals surface area contributed by atoms with Gasteiger partial charge in [0.1, 0.15) is 0 Å². The fraction of sp³-hybridized carbons (Fsp3) is 0.750. The van der Waals surface area contributed by atoms with E-state index in [2.05, 4.69) is 36.0 Å². The van der Waals surface area contributed by atoms with E-state index in [1.807, 2.05) is 7.05 Å². The summed E-state index contributed by atoms with van der Waals surface area (Å²) in [5, 5.41) is 4.32. The minimum atomic E-state index is 0.288. The first-order valence-electron chi connectivity index (χ1n) is 6.11. The van der Waals surface area contributed by atoms with Gasteiger partial charge >= 0.3 is 0 Å². The monoisotopic (exact) mass is 255 g/mol. The molecule has 96 valence electrons. The maximum Gasteiger partial charge on any atom is 0.185 e. The highest BCUT2D eigenvalue weighted by Crippen LogP contribution is 2.28. The van der Waals surface area contributed by atoms with Crippen LogP contribution in [-0.2, 0) is 11.3 Å². The highest BCUT2D eigenvalue weighted by atomic mass is 32.1. The zero-order valence-corrected chi connectivity index (χ0v) is 11.8. The molecule has 0 bridgehead atoms. The van der Waals surface area contributed by atoms with Crippen LogP contribution < -0.4 is 10.2 Å². The molecule has 1 aliphatic rings. The number of morpholine rings is 1. The standard InChI is InChI=1S/C12H21N3OS/c1-8-6-15(7-9(2)16-8)12-14-10(3)11(17-12)5-13-4/h8-9,13H,5-7H2,1-4H3. The lowest BCUT2D eigenvalue weighted by Gasteiger charge is -2.35. The Bertz CT molecular complexity index is 370. The van der Waals surface area contributed by atoms with E-state index >= 15 is 0 Å². The van der Waals surface area contributed by atoms with E-state index in [0.29, 0.717) is 0 Å². The van der Waals surface area contributed by atoms with Crippen molar-refractivity contribution in [3.8, 4) is 0 Å². The summed E-state index contributed by atoms with van der Waals surface area (Å²) in [5.74, 6) is 0. The largest absolute Gasteiger partial charge is 0.372 e. The minimum absolute atomic E-state index is 0.288. The Balaban J connectivity index is 2.13. The Morgan fingerprint density at radius 2 is 2.06 bits per heavy atom. The topological polar surface area (TPSA) is 37.4 Å². The molecule has 1 N–H and O–H groups in total. The molecule has 1 aliphatic heterocycles. The van der Waals surface area contributed by atoms with Gasteiger partial charge in [0.15, 0.2) is 5.13 Å². The fourth-order valence-electron chi connectivity index (χ4n) is 2.21. The maximum absolute atomic E-state index is 5.75. The van der Waals surface area contributed by atoms with Crippen LogP contribution in [-0.4, -0.2) is 37.3 Å². The van der Waals surface area contributed by atoms with Crippen LogP contribution in [0.25, 0.3) is 0 Å². The molecule has 2 unspecified atom stereocenters. The molecule has 1 fully saturated rings. The van der Waals surface area contributed by atoms with E-state index in [0.717, 1.165) is 30.5 Å². The quantitative estimate of drug-likeness (QED) is 0.893. The number of anilines is 1. The molecular weight excluding hydrogens is 234 g/mol. The van der Waals surface area contributed by atoms with Gasteiger partial charge in [0.2, 0.25) is 0 Å². The normalized spacial score (nSPS) is 25.3. The Morgan fingerprint density at radius 1 is 1.41 bits per heavy atom. The predicted molar refractivity (Wildman–Crippen MR) is 71.8 cm³/mol. The second-order valence-electron chi connectivity index (χ2n) is 4.70. The smallest absolute Gasteiger partial charge is 0.185 e. The van der Waals surface area contributed by atoms with Crippen LogP contribution in [0.3, 0.4) is 0 Å². The first kappa shape index (κ1) is 12.8. The lowest BCUT2D eigenvalue weighted by Crippen LogP contribution is -2.45. The van der Waals surface area contributed by atoms with Gasteiger partial charge in [-0.2, -0.15) is 0 Å². The number of nitrogens with zero attached hydrogens (tertiary/aromatic N) is 2. The second kappa shape index (κ2) is 5.33. The summed E-state index contributed by atoms with van der Waals surface area (Å²) in [6.45, 7) is 9.11. The zero-order chi connectivity index (χ0) is 12.4. The van der Waals surface area contributed by atoms with Crippen LogP contribution in [0, 0.1) is 6.92 Å². The lowest BCUT2D eigenvalue weighted by molar-refractivity contribution is -0.00523. The number of hydrogen-bond acceptors (Lipinski definition) is 5. The summed E-state index contributed by atoms with van der Waals surface area (Å²) in [6.07, 6.45) is 0.575. The average Bonchev–Trinajstić information content (AvgIpc) is 2.60. The van der Waals surface area contributed by atoms with Crippen molar-refractivity contribution in [1.29, 1.82) is 0 Å². The predicted octanol–water partition coefficient (Wildman–Crippen LogP) is 1.78. The van der Waals surface area contributed by atoms with Crippen LogP contribution in [0.15, 0.2) is 0 Å². The number of aromatic nitrogens is 1. The van der Waals surface area contributed by atoms with E-state index < -0.39 is 0 Å². The third-order valence-electron chi connectivity index (χ3n) is 2.91. The van der Waals surface area contributed by atoms with Crippen molar-refractivity contribution in [2.75, 3.05) is 25.0 Å². The Morgan fingerprint density at radius 3 is 2.65 bits per heavy atom. The number of hydrogen-bond donors (Lipinski definition) is 1. The van der Waals surface area contributed by atoms with E-state index in [1.54, 1.807) is 11.3 Å². The summed E-state index contributed by atoms with van der Waals surface area (Å²) in [4.78, 5) is 8.34. The molecule has 0 radical (unpaired) electrons. The van der Waals surface area contributed by atoms with E-state index in [9.17, 15) is 0 Å². The molecule has 2 heterocycles. The molecule has 0 aliphatic carbocycles. The van der Waals surface area contributed by atoms with Gasteiger partial charge in [-0.3, -0.25) is 0 Å². The average molecular weight is 255 g/mol. The fourth-order valence-corrected chi connectivity index (χ4v) is 3.30. The molecule has 4 nitrogen and oxygen atoms in total. The molecule has 5 heteroatoms. The van der Waals surface area contributed by atoms with Gasteiger partial charge in [0.25, 0.3) is 0 Å². The van der Waals surface area contributed by atoms with E-state index in [4.69, 9.17) is 4.74 Å². The van der Waals surface area contributed by atoms with Crippen molar-refractivity contribution in [3.05, 3.63) is 10.6 Å². The van der Waals surface area contributed by atoms with Crippen LogP contribution in [0.5, 0.6) is 0 Å². The van der Waals surface area contributed by atoms with Crippen molar-refractivity contribution in [2.24, 2.45) is 0 Å². The van der Waals surface area contributed by atoms with Crippen LogP contribution >= 0.6 is 11.3 Å². The first-order chi connectivity index (χ1) is 8.10. The summed E-state index contributed by atoms with van der Waals surface area (Å²) in [7, 11) is 1.97. The van der Waals surface area contributed by atoms with Crippen molar-refractivity contribution in [2.45, 2.75) is 39.5 Å². The number of ether oxygens (including phenoxy) is 1. The number of rotatable bonds is 3. The van der Waals surface area contributed by atoms with Gasteiger partial charge in [-0.1, -0.05) is 0 Å². The van der Waals surface area contributed by atoms with Gasteiger partial charge in [-0.15, -0.1) is 11.3 Å². The molecule has 0 amide bonds. The molecule has 17 heavy (non-hydrogen) atoms. The van der Waals surface area contributed by atoms with E-state index in [1.165, 1.54) is 4.88 Å². The highest BCUT2D eigenvalue weighted by molar-refractivity contribution is 7.15. The molecule has 1 aromatic heterocycles. The van der Waals surface area contributed by atoms with Crippen molar-refractivity contribution in [1.82, 2.24) is 10.3 Å². The molecule has 2 atom stereocenters. The van der Waals surface area contributed by atoms with Crippen molar-refractivity contribution >= 4 is 16.5 Å². The Labute approximate surface area is 107 Å². The molecule has 2 rings (SSSR count). The third kappa shape index (κ3) is 2.97. The number of thiazole rings is 1. The van der Waals surface area contributed by atoms with Crippen LogP contribution in [0.2, 0.25) is 0 Å². The third-order valence-corrected chi connectivity index (χ3v) is 4.13. The Kier molecular flexibility index (Phi) is 4.01. The van der Waals surface area contributed by atoms with Gasteiger partial charge in [-0.05, 0) is 27.8 Å². The summed E-state index contributed by atoms with van der Waals surface area (Å²) in [5.41, 5.74) is 1.14. The number of aryl methyl sites for hydroxylation is 1. The Hall–Kier alpha value is -0.650. The van der Waals surface area contributed by atoms with Gasteiger partial charge in [0.05, 0.1) is 17.9 Å². The molecule has 1 saturated heterocycles. The number of nitrogens with one attached hydrogen (secondary N) is 1. The van der Waals surface area contributed by atoms with Crippen molar-refractivity contribution in [3.63, 3.8) is 0 Å². The molecular formula is C12H21N3OS. The van der Waals surface area contributed by atoms with Crippen LogP contribution in [0.1, 0.15) is 24.4 Å². The highest BCUT2D eigenvalue weighted by Gasteiger charge is 2.24. The van der Waals surface area contributed by atoms with Crippen molar-refractivity contribution < 1.29 is 4.74 Å². The first-order valence-corrected chi connectivity index (χ1v) is 6.93. The van der Waals surface area contributed by atoms with Crippen LogP contribution in [0.4, 0.5) is 5.13 Å². The van der Waals surface area contributed by atoms with E-state index in [-0.39, 0.29) is 12.2 Å².